The molecule has 14 heavy (non-hydrogen) atoms. The summed E-state index contributed by atoms with van der Waals surface area (Å²) in [7, 11) is 1.71. The van der Waals surface area contributed by atoms with Gasteiger partial charge in [0.05, 0.1) is 0 Å². The molecule has 0 heterocycles. The van der Waals surface area contributed by atoms with Gasteiger partial charge in [-0.05, 0) is 0 Å². The van der Waals surface area contributed by atoms with Gasteiger partial charge in [-0.2, -0.15) is 0 Å². The average Bonchev–Trinajstić information content (AvgIpc) is 2.21. The molecule has 0 bridgehead atoms. The molecule has 1 rings (SSSR count). The van der Waals surface area contributed by atoms with Gasteiger partial charge in [-0.15, -0.1) is 0 Å². The molecule has 0 aliphatic heterocycles. The number of hydrogen-bond acceptors (Lipinski definition) is 1. The van der Waals surface area contributed by atoms with Crippen molar-refractivity contribution in [2.75, 3.05) is 13.7 Å². The average molecular weight is 276 g/mol. The Balaban J connectivity index is 2.84. The first-order valence-electron chi connectivity index (χ1n) is 4.27. The van der Waals surface area contributed by atoms with Crippen molar-refractivity contribution in [3.8, 4) is 0 Å². The minimum absolute atomic E-state index is 0.479. The Morgan fingerprint density at radius 3 is 2.57 bits per heavy atom. The standard InChI is InChI=1S/C11H13ClOSe/c1-13-8-7-11(14-2)9-3-5-10(12)6-4-9/h3-7H,8H2,1-2H3/b11-7-. The Labute approximate surface area is 96.3 Å². The maximum absolute atomic E-state index is 5.82. The zero-order chi connectivity index (χ0) is 10.4. The van der Waals surface area contributed by atoms with Gasteiger partial charge < -0.3 is 0 Å². The number of rotatable bonds is 4. The predicted octanol–water partition coefficient (Wildman–Crippen LogP) is 3.08. The molecule has 0 radical (unpaired) electrons. The maximum atomic E-state index is 5.82. The molecule has 76 valence electrons. The molecule has 0 saturated heterocycles. The van der Waals surface area contributed by atoms with Crippen LogP contribution in [0.1, 0.15) is 5.56 Å². The summed E-state index contributed by atoms with van der Waals surface area (Å²) in [5.74, 6) is 2.20. The van der Waals surface area contributed by atoms with Crippen LogP contribution in [0.15, 0.2) is 30.3 Å². The summed E-state index contributed by atoms with van der Waals surface area (Å²) in [5.41, 5.74) is 1.24. The first-order valence-corrected chi connectivity index (χ1v) is 7.21. The second-order valence-electron chi connectivity index (χ2n) is 2.73. The van der Waals surface area contributed by atoms with Crippen LogP contribution < -0.4 is 0 Å². The van der Waals surface area contributed by atoms with Crippen molar-refractivity contribution in [3.63, 3.8) is 0 Å². The van der Waals surface area contributed by atoms with Crippen molar-refractivity contribution in [1.82, 2.24) is 0 Å². The normalized spacial score (nSPS) is 11.8. The molecule has 0 amide bonds. The van der Waals surface area contributed by atoms with E-state index in [0.717, 1.165) is 5.02 Å². The summed E-state index contributed by atoms with van der Waals surface area (Å²) >= 11 is 6.30. The van der Waals surface area contributed by atoms with Crippen LogP contribution in [0.25, 0.3) is 4.47 Å². The van der Waals surface area contributed by atoms with Crippen LogP contribution in [-0.2, 0) is 4.74 Å². The van der Waals surface area contributed by atoms with Crippen molar-refractivity contribution in [3.05, 3.63) is 40.9 Å². The second-order valence-corrected chi connectivity index (χ2v) is 4.95. The Morgan fingerprint density at radius 2 is 2.07 bits per heavy atom. The third-order valence-electron chi connectivity index (χ3n) is 1.78. The van der Waals surface area contributed by atoms with Gasteiger partial charge in [0.2, 0.25) is 0 Å². The molecule has 1 aromatic rings. The molecule has 0 spiro atoms. The van der Waals surface area contributed by atoms with Crippen molar-refractivity contribution in [2.24, 2.45) is 0 Å². The zero-order valence-corrected chi connectivity index (χ0v) is 10.8. The number of halogens is 1. The van der Waals surface area contributed by atoms with Crippen LogP contribution in [0, 0.1) is 0 Å². The molecule has 0 saturated carbocycles. The van der Waals surface area contributed by atoms with Crippen molar-refractivity contribution in [1.29, 1.82) is 0 Å². The molecule has 0 atom stereocenters. The van der Waals surface area contributed by atoms with Crippen LogP contribution in [-0.4, -0.2) is 28.7 Å². The SMILES string of the molecule is COC/C=C(\[Se]C)c1ccc(Cl)cc1. The van der Waals surface area contributed by atoms with Crippen LogP contribution in [0.3, 0.4) is 0 Å². The van der Waals surface area contributed by atoms with Crippen LogP contribution in [0.2, 0.25) is 10.8 Å². The summed E-state index contributed by atoms with van der Waals surface area (Å²) in [4.78, 5) is 0. The Bertz CT molecular complexity index is 306. The van der Waals surface area contributed by atoms with Gasteiger partial charge in [0.15, 0.2) is 0 Å². The van der Waals surface area contributed by atoms with Crippen LogP contribution in [0.4, 0.5) is 0 Å². The summed E-state index contributed by atoms with van der Waals surface area (Å²) in [5, 5.41) is 0.781. The number of benzene rings is 1. The minimum atomic E-state index is 0.479. The van der Waals surface area contributed by atoms with Crippen molar-refractivity contribution >= 4 is 31.0 Å². The molecule has 1 nitrogen and oxygen atoms in total. The molecule has 0 unspecified atom stereocenters. The van der Waals surface area contributed by atoms with Gasteiger partial charge in [0, 0.05) is 0 Å². The van der Waals surface area contributed by atoms with Gasteiger partial charge in [-0.1, -0.05) is 0 Å². The molecule has 1 aromatic carbocycles. The van der Waals surface area contributed by atoms with Gasteiger partial charge in [0.25, 0.3) is 0 Å². The van der Waals surface area contributed by atoms with Gasteiger partial charge >= 0.3 is 96.2 Å². The fraction of sp³-hybridized carbons (Fsp3) is 0.273. The monoisotopic (exact) mass is 276 g/mol. The summed E-state index contributed by atoms with van der Waals surface area (Å²) in [6.45, 7) is 0.674. The fourth-order valence-corrected chi connectivity index (χ4v) is 2.49. The molecule has 0 aliphatic carbocycles. The zero-order valence-electron chi connectivity index (χ0n) is 8.29. The molecule has 0 fully saturated rings. The van der Waals surface area contributed by atoms with Crippen LogP contribution >= 0.6 is 11.6 Å². The van der Waals surface area contributed by atoms with Crippen molar-refractivity contribution < 1.29 is 4.74 Å². The van der Waals surface area contributed by atoms with E-state index in [1.54, 1.807) is 7.11 Å². The molecule has 3 heteroatoms. The molecular formula is C11H13ClOSe. The first-order chi connectivity index (χ1) is 6.77. The molecule has 0 aliphatic rings. The van der Waals surface area contributed by atoms with Gasteiger partial charge in [-0.25, -0.2) is 0 Å². The van der Waals surface area contributed by atoms with Gasteiger partial charge in [0.1, 0.15) is 0 Å². The first kappa shape index (κ1) is 11.8. The van der Waals surface area contributed by atoms with E-state index in [1.165, 1.54) is 10.0 Å². The fourth-order valence-electron chi connectivity index (χ4n) is 1.09. The topological polar surface area (TPSA) is 9.23 Å². The molecule has 0 aromatic heterocycles. The van der Waals surface area contributed by atoms with E-state index in [-0.39, 0.29) is 0 Å². The Morgan fingerprint density at radius 1 is 1.43 bits per heavy atom. The molecular weight excluding hydrogens is 263 g/mol. The number of hydrogen-bond donors (Lipinski definition) is 0. The van der Waals surface area contributed by atoms with E-state index in [9.17, 15) is 0 Å². The summed E-state index contributed by atoms with van der Waals surface area (Å²) in [6.07, 6.45) is 2.13. The third kappa shape index (κ3) is 3.47. The van der Waals surface area contributed by atoms with E-state index in [0.29, 0.717) is 21.6 Å². The Kier molecular flexibility index (Phi) is 5.28. The van der Waals surface area contributed by atoms with Crippen LogP contribution in [0.5, 0.6) is 0 Å². The van der Waals surface area contributed by atoms with Gasteiger partial charge in [-0.3, -0.25) is 0 Å². The van der Waals surface area contributed by atoms with E-state index >= 15 is 0 Å². The Hall–Kier alpha value is -0.271. The quantitative estimate of drug-likeness (QED) is 0.768. The van der Waals surface area contributed by atoms with Crippen molar-refractivity contribution in [2.45, 2.75) is 5.82 Å². The summed E-state index contributed by atoms with van der Waals surface area (Å²) < 4.78 is 6.38. The molecule has 0 N–H and O–H groups in total. The van der Waals surface area contributed by atoms with E-state index in [1.807, 2.05) is 12.1 Å². The summed E-state index contributed by atoms with van der Waals surface area (Å²) in [6, 6.07) is 7.94. The second kappa shape index (κ2) is 6.26. The van der Waals surface area contributed by atoms with E-state index in [4.69, 9.17) is 16.3 Å². The third-order valence-corrected chi connectivity index (χ3v) is 3.80. The van der Waals surface area contributed by atoms with E-state index in [2.05, 4.69) is 24.0 Å². The predicted molar refractivity (Wildman–Crippen MR) is 62.9 cm³/mol. The number of methoxy groups -OCH3 is 1. The number of ether oxygens (including phenoxy) is 1. The van der Waals surface area contributed by atoms with E-state index < -0.39 is 0 Å².